The van der Waals surface area contributed by atoms with E-state index in [1.807, 2.05) is 18.2 Å². The third-order valence-corrected chi connectivity index (χ3v) is 13.7. The maximum atomic E-state index is 12.2. The van der Waals surface area contributed by atoms with Crippen molar-refractivity contribution in [3.8, 4) is 0 Å². The second-order valence-corrected chi connectivity index (χ2v) is 20.2. The highest BCUT2D eigenvalue weighted by atomic mass is 16.5. The van der Waals surface area contributed by atoms with Crippen LogP contribution in [0.1, 0.15) is 252 Å². The molecule has 0 amide bonds. The lowest BCUT2D eigenvalue weighted by molar-refractivity contribution is -0.143. The van der Waals surface area contributed by atoms with Crippen LogP contribution in [0.3, 0.4) is 0 Å². The summed E-state index contributed by atoms with van der Waals surface area (Å²) in [6.45, 7) is 18.5. The van der Waals surface area contributed by atoms with Crippen LogP contribution in [0.15, 0.2) is 36.5 Å². The molecule has 0 saturated carbocycles. The lowest BCUT2D eigenvalue weighted by atomic mass is 10.1. The summed E-state index contributed by atoms with van der Waals surface area (Å²) in [7, 11) is 0. The molecule has 69 heavy (non-hydrogen) atoms. The molecule has 0 N–H and O–H groups in total. The van der Waals surface area contributed by atoms with Crippen LogP contribution in [0.25, 0.3) is 0 Å². The average molecular weight is 971 g/mol. The maximum Gasteiger partial charge on any atom is 0.306 e. The second kappa shape index (κ2) is 51.9. The smallest absolute Gasteiger partial charge is 0.306 e. The Balaban J connectivity index is 2.27. The summed E-state index contributed by atoms with van der Waals surface area (Å²) in [5.41, 5.74) is 0. The molecular formula is C60H111N3O6. The Hall–Kier alpha value is -2.49. The van der Waals surface area contributed by atoms with Gasteiger partial charge in [0.05, 0.1) is 0 Å². The quantitative estimate of drug-likeness (QED) is 0.0256. The molecule has 0 bridgehead atoms. The molecule has 1 saturated heterocycles. The van der Waals surface area contributed by atoms with Crippen LogP contribution in [0.2, 0.25) is 0 Å². The third-order valence-electron chi connectivity index (χ3n) is 13.7. The first-order valence-electron chi connectivity index (χ1n) is 29.6. The van der Waals surface area contributed by atoms with Gasteiger partial charge in [-0.15, -0.1) is 0 Å². The van der Waals surface area contributed by atoms with Crippen molar-refractivity contribution in [2.24, 2.45) is 0 Å². The van der Waals surface area contributed by atoms with E-state index in [1.54, 1.807) is 0 Å². The number of carbonyl (C=O) groups excluding carboxylic acids is 3. The highest BCUT2D eigenvalue weighted by Gasteiger charge is 2.17. The molecule has 0 atom stereocenters. The minimum Gasteiger partial charge on any atom is -0.461 e. The number of piperazine rings is 1. The summed E-state index contributed by atoms with van der Waals surface area (Å²) in [6, 6.07) is 0. The fourth-order valence-corrected chi connectivity index (χ4v) is 9.05. The molecule has 0 aromatic heterocycles. The first-order valence-corrected chi connectivity index (χ1v) is 29.6. The van der Waals surface area contributed by atoms with Gasteiger partial charge in [-0.3, -0.25) is 19.3 Å². The van der Waals surface area contributed by atoms with Crippen molar-refractivity contribution in [3.05, 3.63) is 36.5 Å². The molecule has 9 nitrogen and oxygen atoms in total. The number of allylic oxidation sites excluding steroid dienone is 3. The summed E-state index contributed by atoms with van der Waals surface area (Å²) in [5.74, 6) is -0.171. The Labute approximate surface area is 426 Å². The lowest BCUT2D eigenvalue weighted by Gasteiger charge is -2.36. The average Bonchev–Trinajstić information content (AvgIpc) is 3.35. The first kappa shape index (κ1) is 64.5. The molecule has 1 aliphatic heterocycles. The minimum atomic E-state index is -0.0585. The van der Waals surface area contributed by atoms with E-state index in [4.69, 9.17) is 14.2 Å². The van der Waals surface area contributed by atoms with Crippen LogP contribution in [-0.2, 0) is 28.6 Å². The van der Waals surface area contributed by atoms with Gasteiger partial charge in [0, 0.05) is 58.5 Å². The zero-order chi connectivity index (χ0) is 49.8. The van der Waals surface area contributed by atoms with E-state index in [0.717, 1.165) is 70.9 Å². The Morgan fingerprint density at radius 3 is 1.01 bits per heavy atom. The number of esters is 3. The molecule has 1 aliphatic rings. The highest BCUT2D eigenvalue weighted by molar-refractivity contribution is 5.70. The number of carbonyl (C=O) groups is 3. The van der Waals surface area contributed by atoms with Crippen molar-refractivity contribution in [3.63, 3.8) is 0 Å². The third kappa shape index (κ3) is 46.3. The normalized spacial score (nSPS) is 13.7. The maximum absolute atomic E-state index is 12.2. The molecule has 0 radical (unpaired) electrons. The van der Waals surface area contributed by atoms with Crippen molar-refractivity contribution in [2.75, 3.05) is 78.7 Å². The molecule has 0 aromatic carbocycles. The van der Waals surface area contributed by atoms with Crippen molar-refractivity contribution >= 4 is 17.9 Å². The Morgan fingerprint density at radius 2 is 0.652 bits per heavy atom. The van der Waals surface area contributed by atoms with Gasteiger partial charge < -0.3 is 24.0 Å². The van der Waals surface area contributed by atoms with E-state index in [-0.39, 0.29) is 17.9 Å². The van der Waals surface area contributed by atoms with Crippen LogP contribution in [0.4, 0.5) is 0 Å². The fraction of sp³-hybridized carbons (Fsp3) is 0.850. The van der Waals surface area contributed by atoms with Gasteiger partial charge >= 0.3 is 17.9 Å². The van der Waals surface area contributed by atoms with Gasteiger partial charge in [-0.05, 0) is 96.7 Å². The van der Waals surface area contributed by atoms with Gasteiger partial charge in [-0.25, -0.2) is 0 Å². The van der Waals surface area contributed by atoms with E-state index in [0.29, 0.717) is 39.1 Å². The fourth-order valence-electron chi connectivity index (χ4n) is 9.05. The summed E-state index contributed by atoms with van der Waals surface area (Å²) < 4.78 is 16.2. The van der Waals surface area contributed by atoms with E-state index in [2.05, 4.69) is 53.7 Å². The number of hydrogen-bond donors (Lipinski definition) is 0. The highest BCUT2D eigenvalue weighted by Crippen LogP contribution is 2.14. The monoisotopic (exact) mass is 970 g/mol. The van der Waals surface area contributed by atoms with Crippen LogP contribution < -0.4 is 0 Å². The molecule has 0 aromatic rings. The van der Waals surface area contributed by atoms with Crippen LogP contribution >= 0.6 is 0 Å². The molecule has 1 heterocycles. The molecule has 1 rings (SSSR count). The lowest BCUT2D eigenvalue weighted by Crippen LogP contribution is -2.48. The first-order chi connectivity index (χ1) is 34.0. The Kier molecular flexibility index (Phi) is 48.5. The molecule has 1 fully saturated rings. The number of rotatable bonds is 51. The van der Waals surface area contributed by atoms with Crippen LogP contribution in [0.5, 0.6) is 0 Å². The predicted molar refractivity (Wildman–Crippen MR) is 293 cm³/mol. The zero-order valence-corrected chi connectivity index (χ0v) is 45.7. The zero-order valence-electron chi connectivity index (χ0n) is 45.7. The molecule has 9 heteroatoms. The summed E-state index contributed by atoms with van der Waals surface area (Å²) in [6.07, 6.45) is 53.5. The molecule has 0 aliphatic carbocycles. The minimum absolute atomic E-state index is 0.0537. The van der Waals surface area contributed by atoms with Crippen molar-refractivity contribution in [1.82, 2.24) is 14.7 Å². The van der Waals surface area contributed by atoms with E-state index in [1.165, 1.54) is 200 Å². The second-order valence-electron chi connectivity index (χ2n) is 20.2. The Bertz CT molecular complexity index is 1180. The van der Waals surface area contributed by atoms with E-state index in [9.17, 15) is 14.4 Å². The molecule has 0 unspecified atom stereocenters. The summed E-state index contributed by atoms with van der Waals surface area (Å²) in [4.78, 5) is 44.4. The SMILES string of the molecule is CCCCCC/C=C\COC(=O)CCCCCCCCN(CCCCCCCCC(=O)OC/C=C\CCCCCC)CCN1CCN(CCCCCCCCC(=O)OC/C=C\CCCCCC)CC1. The van der Waals surface area contributed by atoms with Gasteiger partial charge in [0.25, 0.3) is 0 Å². The van der Waals surface area contributed by atoms with Gasteiger partial charge in [0.1, 0.15) is 19.8 Å². The number of ether oxygens (including phenoxy) is 3. The number of nitrogens with zero attached hydrogens (tertiary/aromatic N) is 3. The number of hydrogen-bond acceptors (Lipinski definition) is 9. The van der Waals surface area contributed by atoms with Gasteiger partial charge in [-0.2, -0.15) is 0 Å². The van der Waals surface area contributed by atoms with E-state index < -0.39 is 0 Å². The van der Waals surface area contributed by atoms with Crippen molar-refractivity contribution < 1.29 is 28.6 Å². The summed E-state index contributed by atoms with van der Waals surface area (Å²) >= 11 is 0. The van der Waals surface area contributed by atoms with Gasteiger partial charge in [-0.1, -0.05) is 192 Å². The number of unbranched alkanes of at least 4 members (excludes halogenated alkanes) is 27. The van der Waals surface area contributed by atoms with Crippen LogP contribution in [0, 0.1) is 0 Å². The Morgan fingerprint density at radius 1 is 0.348 bits per heavy atom. The van der Waals surface area contributed by atoms with Gasteiger partial charge in [0.15, 0.2) is 0 Å². The van der Waals surface area contributed by atoms with Crippen molar-refractivity contribution in [1.29, 1.82) is 0 Å². The van der Waals surface area contributed by atoms with E-state index >= 15 is 0 Å². The predicted octanol–water partition coefficient (Wildman–Crippen LogP) is 15.3. The molecule has 402 valence electrons. The topological polar surface area (TPSA) is 88.6 Å². The standard InChI is InChI=1S/C60H111N3O6/c1-4-7-10-13-22-31-40-55-67-58(64)43-34-25-16-19-28-37-46-61(47-38-29-20-17-26-35-44-59(65)68-56-41-32-23-14-11-8-5-2)49-52-63-53-50-62(51-54-63)48-39-30-21-18-27-36-45-60(66)69-57-42-33-24-15-12-9-6-3/h31-33,40-42H,4-30,34-39,43-57H2,1-3H3/b40-31-,41-32-,42-33-. The van der Waals surface area contributed by atoms with Crippen molar-refractivity contribution in [2.45, 2.75) is 252 Å². The van der Waals surface area contributed by atoms with Crippen LogP contribution in [-0.4, -0.2) is 111 Å². The molecular weight excluding hydrogens is 859 g/mol. The largest absolute Gasteiger partial charge is 0.461 e. The summed E-state index contributed by atoms with van der Waals surface area (Å²) in [5, 5.41) is 0. The molecule has 0 spiro atoms. The van der Waals surface area contributed by atoms with Gasteiger partial charge in [0.2, 0.25) is 0 Å².